The molecule has 0 saturated heterocycles. The summed E-state index contributed by atoms with van der Waals surface area (Å²) in [7, 11) is 0. The Morgan fingerprint density at radius 1 is 1.16 bits per heavy atom. The molecular weight excluding hydrogens is 257 g/mol. The average molecular weight is 275 g/mol. The highest BCUT2D eigenvalue weighted by Crippen LogP contribution is 2.37. The fourth-order valence-electron chi connectivity index (χ4n) is 2.70. The van der Waals surface area contributed by atoms with Crippen LogP contribution in [0.1, 0.15) is 29.2 Å². The van der Waals surface area contributed by atoms with Crippen molar-refractivity contribution in [3.8, 4) is 0 Å². The van der Waals surface area contributed by atoms with E-state index in [1.807, 2.05) is 23.5 Å². The molecule has 0 spiro atoms. The summed E-state index contributed by atoms with van der Waals surface area (Å²) >= 11 is 1.81. The van der Waals surface area contributed by atoms with Crippen LogP contribution in [0.25, 0.3) is 0 Å². The van der Waals surface area contributed by atoms with Crippen LogP contribution in [0.15, 0.2) is 41.8 Å². The van der Waals surface area contributed by atoms with Gasteiger partial charge in [-0.3, -0.25) is 0 Å². The van der Waals surface area contributed by atoms with Crippen LogP contribution in [-0.2, 0) is 6.42 Å². The Morgan fingerprint density at radius 2 is 2.00 bits per heavy atom. The third-order valence-electron chi connectivity index (χ3n) is 3.87. The smallest absolute Gasteiger partial charge is 0.126 e. The van der Waals surface area contributed by atoms with Crippen LogP contribution in [0, 0.1) is 5.82 Å². The predicted molar refractivity (Wildman–Crippen MR) is 78.2 cm³/mol. The lowest BCUT2D eigenvalue weighted by Gasteiger charge is -2.36. The summed E-state index contributed by atoms with van der Waals surface area (Å²) in [5.41, 5.74) is 0.888. The first kappa shape index (κ1) is 12.8. The first-order chi connectivity index (χ1) is 9.33. The summed E-state index contributed by atoms with van der Waals surface area (Å²) in [4.78, 5) is 1.43. The van der Waals surface area contributed by atoms with Crippen molar-refractivity contribution in [2.24, 2.45) is 0 Å². The summed E-state index contributed by atoms with van der Waals surface area (Å²) in [6, 6.07) is 12.0. The number of thiophene rings is 1. The van der Waals surface area contributed by atoms with E-state index < -0.39 is 0 Å². The van der Waals surface area contributed by atoms with Gasteiger partial charge >= 0.3 is 0 Å². The maximum Gasteiger partial charge on any atom is 0.126 e. The molecule has 19 heavy (non-hydrogen) atoms. The maximum absolute atomic E-state index is 13.6. The zero-order valence-corrected chi connectivity index (χ0v) is 11.6. The van der Waals surface area contributed by atoms with Crippen molar-refractivity contribution in [3.05, 3.63) is 58.0 Å². The Labute approximate surface area is 117 Å². The number of benzene rings is 1. The van der Waals surface area contributed by atoms with Crippen LogP contribution in [0.5, 0.6) is 0 Å². The molecule has 0 atom stereocenters. The topological polar surface area (TPSA) is 12.0 Å². The molecule has 1 heterocycles. The van der Waals surface area contributed by atoms with Gasteiger partial charge in [-0.2, -0.15) is 0 Å². The maximum atomic E-state index is 13.6. The van der Waals surface area contributed by atoms with E-state index in [1.165, 1.54) is 4.88 Å². The third-order valence-corrected chi connectivity index (χ3v) is 4.80. The van der Waals surface area contributed by atoms with Gasteiger partial charge in [0.25, 0.3) is 0 Å². The highest BCUT2D eigenvalue weighted by Gasteiger charge is 2.31. The molecule has 1 N–H and O–H groups in total. The molecule has 0 amide bonds. The van der Waals surface area contributed by atoms with E-state index in [9.17, 15) is 4.39 Å². The van der Waals surface area contributed by atoms with Crippen LogP contribution >= 0.6 is 11.3 Å². The van der Waals surface area contributed by atoms with Crippen LogP contribution < -0.4 is 5.32 Å². The molecule has 1 aromatic heterocycles. The molecule has 1 aromatic carbocycles. The van der Waals surface area contributed by atoms with E-state index in [4.69, 9.17) is 0 Å². The molecule has 1 nitrogen and oxygen atoms in total. The van der Waals surface area contributed by atoms with Gasteiger partial charge in [0.2, 0.25) is 0 Å². The largest absolute Gasteiger partial charge is 0.314 e. The van der Waals surface area contributed by atoms with E-state index in [0.29, 0.717) is 12.0 Å². The van der Waals surface area contributed by atoms with Crippen molar-refractivity contribution in [2.45, 2.75) is 31.2 Å². The van der Waals surface area contributed by atoms with Crippen molar-refractivity contribution in [1.29, 1.82) is 0 Å². The summed E-state index contributed by atoms with van der Waals surface area (Å²) in [5, 5.41) is 5.68. The second-order valence-corrected chi connectivity index (χ2v) is 6.20. The van der Waals surface area contributed by atoms with E-state index in [1.54, 1.807) is 12.1 Å². The van der Waals surface area contributed by atoms with E-state index in [0.717, 1.165) is 31.4 Å². The molecule has 0 bridgehead atoms. The zero-order chi connectivity index (χ0) is 13.1. The second kappa shape index (κ2) is 5.85. The fourth-order valence-corrected chi connectivity index (χ4v) is 3.41. The Kier molecular flexibility index (Phi) is 3.95. The molecular formula is C16H18FNS. The van der Waals surface area contributed by atoms with Gasteiger partial charge in [-0.25, -0.2) is 4.39 Å². The minimum absolute atomic E-state index is 0.0514. The monoisotopic (exact) mass is 275 g/mol. The number of rotatable bonds is 5. The number of hydrogen-bond donors (Lipinski definition) is 1. The lowest BCUT2D eigenvalue weighted by Crippen LogP contribution is -2.41. The van der Waals surface area contributed by atoms with Gasteiger partial charge in [-0.15, -0.1) is 11.3 Å². The molecule has 1 fully saturated rings. The molecule has 100 valence electrons. The van der Waals surface area contributed by atoms with E-state index in [2.05, 4.69) is 22.8 Å². The molecule has 1 saturated carbocycles. The molecule has 3 rings (SSSR count). The summed E-state index contributed by atoms with van der Waals surface area (Å²) in [6.45, 7) is 1.02. The first-order valence-electron chi connectivity index (χ1n) is 6.83. The Bertz CT molecular complexity index is 517. The van der Waals surface area contributed by atoms with Gasteiger partial charge in [0, 0.05) is 17.5 Å². The Hall–Kier alpha value is -1.19. The van der Waals surface area contributed by atoms with Crippen molar-refractivity contribution in [2.75, 3.05) is 6.54 Å². The highest BCUT2D eigenvalue weighted by molar-refractivity contribution is 7.09. The SMILES string of the molecule is Fc1ccccc1C1CC(NCCc2cccs2)C1. The van der Waals surface area contributed by atoms with Gasteiger partial charge < -0.3 is 5.32 Å². The predicted octanol–water partition coefficient (Wildman–Crippen LogP) is 3.97. The number of halogens is 1. The highest BCUT2D eigenvalue weighted by atomic mass is 32.1. The van der Waals surface area contributed by atoms with Crippen molar-refractivity contribution >= 4 is 11.3 Å². The lowest BCUT2D eigenvalue weighted by molar-refractivity contribution is 0.287. The van der Waals surface area contributed by atoms with Gasteiger partial charge in [-0.1, -0.05) is 24.3 Å². The third kappa shape index (κ3) is 3.04. The van der Waals surface area contributed by atoms with Crippen LogP contribution in [0.3, 0.4) is 0 Å². The molecule has 1 aliphatic carbocycles. The zero-order valence-electron chi connectivity index (χ0n) is 10.8. The second-order valence-electron chi connectivity index (χ2n) is 5.17. The van der Waals surface area contributed by atoms with E-state index in [-0.39, 0.29) is 5.82 Å². The summed E-state index contributed by atoms with van der Waals surface area (Å²) < 4.78 is 13.6. The molecule has 0 unspecified atom stereocenters. The quantitative estimate of drug-likeness (QED) is 0.870. The van der Waals surface area contributed by atoms with Crippen LogP contribution in [-0.4, -0.2) is 12.6 Å². The van der Waals surface area contributed by atoms with Gasteiger partial charge in [0.1, 0.15) is 5.82 Å². The van der Waals surface area contributed by atoms with Crippen molar-refractivity contribution in [1.82, 2.24) is 5.32 Å². The minimum Gasteiger partial charge on any atom is -0.314 e. The van der Waals surface area contributed by atoms with E-state index >= 15 is 0 Å². The normalized spacial score (nSPS) is 22.2. The number of hydrogen-bond acceptors (Lipinski definition) is 2. The lowest BCUT2D eigenvalue weighted by atomic mass is 9.75. The Balaban J connectivity index is 1.42. The average Bonchev–Trinajstić information content (AvgIpc) is 2.87. The minimum atomic E-state index is -0.0514. The molecule has 0 aliphatic heterocycles. The van der Waals surface area contributed by atoms with Gasteiger partial charge in [0.05, 0.1) is 0 Å². The van der Waals surface area contributed by atoms with Crippen LogP contribution in [0.4, 0.5) is 4.39 Å². The summed E-state index contributed by atoms with van der Waals surface area (Å²) in [5.74, 6) is 0.352. The van der Waals surface area contributed by atoms with Crippen molar-refractivity contribution < 1.29 is 4.39 Å². The molecule has 1 aliphatic rings. The molecule has 0 radical (unpaired) electrons. The Morgan fingerprint density at radius 3 is 2.74 bits per heavy atom. The standard InChI is InChI=1S/C16H18FNS/c17-16-6-2-1-5-15(16)12-10-13(11-12)18-8-7-14-4-3-9-19-14/h1-6,9,12-13,18H,7-8,10-11H2. The van der Waals surface area contributed by atoms with Crippen LogP contribution in [0.2, 0.25) is 0 Å². The number of nitrogens with one attached hydrogen (secondary N) is 1. The first-order valence-corrected chi connectivity index (χ1v) is 7.71. The van der Waals surface area contributed by atoms with Gasteiger partial charge in [-0.05, 0) is 48.3 Å². The molecule has 3 heteroatoms. The summed E-state index contributed by atoms with van der Waals surface area (Å²) in [6.07, 6.45) is 3.22. The fraction of sp³-hybridized carbons (Fsp3) is 0.375. The van der Waals surface area contributed by atoms with Crippen molar-refractivity contribution in [3.63, 3.8) is 0 Å². The molecule has 2 aromatic rings. The van der Waals surface area contributed by atoms with Gasteiger partial charge in [0.15, 0.2) is 0 Å².